The molecule has 1 fully saturated rings. The zero-order chi connectivity index (χ0) is 33.1. The van der Waals surface area contributed by atoms with Crippen LogP contribution in [0.3, 0.4) is 0 Å². The second-order valence-electron chi connectivity index (χ2n) is 12.6. The molecule has 10 nitrogen and oxygen atoms in total. The molecular formula is C35H34F2N8O2. The van der Waals surface area contributed by atoms with Crippen LogP contribution in [0.15, 0.2) is 66.1 Å². The van der Waals surface area contributed by atoms with Crippen LogP contribution >= 0.6 is 0 Å². The summed E-state index contributed by atoms with van der Waals surface area (Å²) in [6.07, 6.45) is 4.00. The summed E-state index contributed by atoms with van der Waals surface area (Å²) < 4.78 is 35.1. The van der Waals surface area contributed by atoms with E-state index < -0.39 is 17.3 Å². The maximum Gasteiger partial charge on any atom is 0.355 e. The predicted octanol–water partition coefficient (Wildman–Crippen LogP) is 5.14. The lowest BCUT2D eigenvalue weighted by Gasteiger charge is -2.44. The van der Waals surface area contributed by atoms with Gasteiger partial charge in [-0.05, 0) is 68.0 Å². The fourth-order valence-corrected chi connectivity index (χ4v) is 6.83. The zero-order valence-corrected chi connectivity index (χ0v) is 26.6. The highest BCUT2D eigenvalue weighted by Crippen LogP contribution is 2.37. The summed E-state index contributed by atoms with van der Waals surface area (Å²) in [6.45, 7) is 12.2. The van der Waals surface area contributed by atoms with Crippen LogP contribution in [0.1, 0.15) is 50.4 Å². The minimum Gasteiger partial charge on any atom is -0.349 e. The molecule has 7 rings (SSSR count). The third-order valence-corrected chi connectivity index (χ3v) is 9.18. The van der Waals surface area contributed by atoms with Gasteiger partial charge in [0.05, 0.1) is 34.2 Å². The molecule has 240 valence electrons. The summed E-state index contributed by atoms with van der Waals surface area (Å²) in [6, 6.07) is 11.0. The average molecular weight is 637 g/mol. The van der Waals surface area contributed by atoms with Crippen molar-refractivity contribution in [2.45, 2.75) is 58.5 Å². The summed E-state index contributed by atoms with van der Waals surface area (Å²) in [5.74, 6) is -1.41. The predicted molar refractivity (Wildman–Crippen MR) is 175 cm³/mol. The number of hydrogen-bond donors (Lipinski definition) is 0. The summed E-state index contributed by atoms with van der Waals surface area (Å²) in [4.78, 5) is 40.0. The van der Waals surface area contributed by atoms with E-state index >= 15 is 8.78 Å². The van der Waals surface area contributed by atoms with Gasteiger partial charge in [-0.15, -0.1) is 5.10 Å². The van der Waals surface area contributed by atoms with E-state index in [1.165, 1.54) is 33.5 Å². The van der Waals surface area contributed by atoms with Crippen molar-refractivity contribution < 1.29 is 13.6 Å². The maximum atomic E-state index is 16.5. The van der Waals surface area contributed by atoms with Crippen molar-refractivity contribution in [2.75, 3.05) is 18.0 Å². The number of aromatic nitrogens is 6. The Balaban J connectivity index is 1.57. The number of aryl methyl sites for hydroxylation is 2. The molecule has 2 aliphatic rings. The smallest absolute Gasteiger partial charge is 0.349 e. The van der Waals surface area contributed by atoms with E-state index in [0.29, 0.717) is 42.7 Å². The molecule has 1 saturated heterocycles. The molecule has 0 unspecified atom stereocenters. The molecule has 2 aromatic carbocycles. The Labute approximate surface area is 270 Å². The van der Waals surface area contributed by atoms with Crippen LogP contribution in [-0.2, 0) is 17.6 Å². The summed E-state index contributed by atoms with van der Waals surface area (Å²) in [5, 5.41) is 8.86. The normalized spacial score (nSPS) is 17.6. The van der Waals surface area contributed by atoms with Crippen LogP contribution in [-0.4, -0.2) is 65.5 Å². The van der Waals surface area contributed by atoms with Gasteiger partial charge in [-0.2, -0.15) is 4.98 Å². The molecule has 4 bridgehead atoms. The molecule has 3 aromatic heterocycles. The lowest BCUT2D eigenvalue weighted by atomic mass is 9.95. The van der Waals surface area contributed by atoms with Crippen molar-refractivity contribution in [1.29, 1.82) is 0 Å². The van der Waals surface area contributed by atoms with Gasteiger partial charge in [0.15, 0.2) is 11.5 Å². The number of piperazine rings is 1. The topological polar surface area (TPSA) is 102 Å². The van der Waals surface area contributed by atoms with Gasteiger partial charge in [0.2, 0.25) is 5.91 Å². The SMILES string of the molecule is C=CC(=O)N1C[C@H](C)N(c2nc(=O)n3c4nc(c(F)cc24)-c2c(F)cccc2-n2cc(nn2)CCc2cccc(C(C)C)c2-3)C[C@H]1C. The standard InChI is InChI=1S/C35H34F2N8O2/c1-6-29(46)42-16-21(5)43(17-20(42)4)33-25-15-27(37)31-30-26(36)11-8-12-28(30)44-18-23(40-41-44)14-13-22-9-7-10-24(19(2)3)32(22)45(34(25)38-31)35(47)39-33/h6-12,15,18-21H,1,13-14,16-17H2,2-5H3/t20-,21+/m1/s1. The summed E-state index contributed by atoms with van der Waals surface area (Å²) in [5.41, 5.74) is 2.48. The highest BCUT2D eigenvalue weighted by Gasteiger charge is 2.34. The molecule has 0 spiro atoms. The number of fused-ring (bicyclic) bond motifs is 8. The number of hydrogen-bond acceptors (Lipinski definition) is 7. The largest absolute Gasteiger partial charge is 0.355 e. The first kappa shape index (κ1) is 30.4. The van der Waals surface area contributed by atoms with Crippen LogP contribution in [0.2, 0.25) is 0 Å². The number of pyridine rings is 1. The fourth-order valence-electron chi connectivity index (χ4n) is 6.83. The van der Waals surface area contributed by atoms with Gasteiger partial charge in [-0.3, -0.25) is 4.79 Å². The molecule has 5 aromatic rings. The number of carbonyl (C=O) groups excluding carboxylic acids is 1. The molecule has 0 aliphatic carbocycles. The van der Waals surface area contributed by atoms with Gasteiger partial charge >= 0.3 is 5.69 Å². The molecule has 2 aliphatic heterocycles. The van der Waals surface area contributed by atoms with Gasteiger partial charge in [0.1, 0.15) is 17.3 Å². The van der Waals surface area contributed by atoms with E-state index in [-0.39, 0.29) is 52.3 Å². The second-order valence-corrected chi connectivity index (χ2v) is 12.6. The van der Waals surface area contributed by atoms with Crippen LogP contribution in [0.4, 0.5) is 14.6 Å². The highest BCUT2D eigenvalue weighted by atomic mass is 19.1. The van der Waals surface area contributed by atoms with E-state index in [2.05, 4.69) is 21.9 Å². The molecule has 0 saturated carbocycles. The lowest BCUT2D eigenvalue weighted by Crippen LogP contribution is -2.58. The fraction of sp³-hybridized carbons (Fsp3) is 0.314. The van der Waals surface area contributed by atoms with Gasteiger partial charge < -0.3 is 9.80 Å². The Hall–Kier alpha value is -5.26. The van der Waals surface area contributed by atoms with E-state index in [0.717, 1.165) is 11.1 Å². The lowest BCUT2D eigenvalue weighted by molar-refractivity contribution is -0.128. The minimum atomic E-state index is -0.786. The molecular weight excluding hydrogens is 602 g/mol. The van der Waals surface area contributed by atoms with E-state index in [1.54, 1.807) is 17.2 Å². The molecule has 5 heterocycles. The molecule has 2 atom stereocenters. The average Bonchev–Trinajstić information content (AvgIpc) is 3.53. The molecule has 0 radical (unpaired) electrons. The number of carbonyl (C=O) groups is 1. The van der Waals surface area contributed by atoms with Gasteiger partial charge in [-0.1, -0.05) is 49.9 Å². The molecule has 47 heavy (non-hydrogen) atoms. The van der Waals surface area contributed by atoms with Gasteiger partial charge in [-0.25, -0.2) is 27.8 Å². The van der Waals surface area contributed by atoms with Gasteiger partial charge in [0.25, 0.3) is 0 Å². The Kier molecular flexibility index (Phi) is 7.45. The quantitative estimate of drug-likeness (QED) is 0.253. The Morgan fingerprint density at radius 2 is 1.81 bits per heavy atom. The maximum absolute atomic E-state index is 16.5. The Morgan fingerprint density at radius 1 is 1.02 bits per heavy atom. The van der Waals surface area contributed by atoms with Crippen molar-refractivity contribution in [2.24, 2.45) is 0 Å². The number of anilines is 1. The van der Waals surface area contributed by atoms with E-state index in [1.807, 2.05) is 50.8 Å². The minimum absolute atomic E-state index is 0.0116. The number of amides is 1. The Morgan fingerprint density at radius 3 is 2.57 bits per heavy atom. The summed E-state index contributed by atoms with van der Waals surface area (Å²) >= 11 is 0. The second kappa shape index (κ2) is 11.5. The number of halogens is 2. The third kappa shape index (κ3) is 4.99. The third-order valence-electron chi connectivity index (χ3n) is 9.18. The van der Waals surface area contributed by atoms with Crippen LogP contribution in [0.25, 0.3) is 33.7 Å². The zero-order valence-electron chi connectivity index (χ0n) is 26.6. The first-order chi connectivity index (χ1) is 22.6. The molecule has 1 amide bonds. The first-order valence-corrected chi connectivity index (χ1v) is 15.7. The van der Waals surface area contributed by atoms with Crippen LogP contribution < -0.4 is 10.6 Å². The molecule has 0 N–H and O–H groups in total. The number of nitrogens with zero attached hydrogens (tertiary/aromatic N) is 8. The van der Waals surface area contributed by atoms with E-state index in [9.17, 15) is 9.59 Å². The number of rotatable bonds is 3. The van der Waals surface area contributed by atoms with Gasteiger partial charge in [0, 0.05) is 25.2 Å². The van der Waals surface area contributed by atoms with Crippen molar-refractivity contribution >= 4 is 22.8 Å². The van der Waals surface area contributed by atoms with Crippen molar-refractivity contribution in [3.8, 4) is 22.6 Å². The van der Waals surface area contributed by atoms with Crippen molar-refractivity contribution in [3.63, 3.8) is 0 Å². The number of para-hydroxylation sites is 1. The van der Waals surface area contributed by atoms with Crippen molar-refractivity contribution in [3.05, 3.63) is 100 Å². The van der Waals surface area contributed by atoms with Crippen LogP contribution in [0, 0.1) is 11.6 Å². The molecule has 12 heteroatoms. The Bertz CT molecular complexity index is 2140. The summed E-state index contributed by atoms with van der Waals surface area (Å²) in [7, 11) is 0. The van der Waals surface area contributed by atoms with Crippen LogP contribution in [0.5, 0.6) is 0 Å². The first-order valence-electron chi connectivity index (χ1n) is 15.7. The van der Waals surface area contributed by atoms with Crippen molar-refractivity contribution in [1.82, 2.24) is 34.4 Å². The van der Waals surface area contributed by atoms with E-state index in [4.69, 9.17) is 4.98 Å². The highest BCUT2D eigenvalue weighted by molar-refractivity contribution is 5.92. The monoisotopic (exact) mass is 636 g/mol. The number of benzene rings is 2.